The molecule has 0 spiro atoms. The lowest BCUT2D eigenvalue weighted by atomic mass is 10.3. The lowest BCUT2D eigenvalue weighted by molar-refractivity contribution is 0.700. The molecule has 1 aliphatic carbocycles. The minimum atomic E-state index is 0.773. The van der Waals surface area contributed by atoms with Crippen LogP contribution in [-0.4, -0.2) is 33.0 Å². The Morgan fingerprint density at radius 2 is 2.22 bits per heavy atom. The second-order valence-electron chi connectivity index (χ2n) is 5.11. The molecule has 5 nitrogen and oxygen atoms in total. The predicted molar refractivity (Wildman–Crippen MR) is 71.6 cm³/mol. The van der Waals surface area contributed by atoms with Crippen LogP contribution in [0, 0.1) is 12.8 Å². The van der Waals surface area contributed by atoms with Crippen molar-refractivity contribution in [2.24, 2.45) is 5.92 Å². The molecule has 18 heavy (non-hydrogen) atoms. The maximum absolute atomic E-state index is 4.46. The van der Waals surface area contributed by atoms with Crippen molar-refractivity contribution in [3.05, 3.63) is 12.2 Å². The fourth-order valence-electron chi connectivity index (χ4n) is 2.34. The van der Waals surface area contributed by atoms with Gasteiger partial charge in [0, 0.05) is 13.1 Å². The summed E-state index contributed by atoms with van der Waals surface area (Å²) in [6.07, 6.45) is 5.46. The van der Waals surface area contributed by atoms with Gasteiger partial charge in [0.25, 0.3) is 0 Å². The molecule has 1 saturated carbocycles. The Morgan fingerprint density at radius 1 is 1.39 bits per heavy atom. The zero-order valence-electron chi connectivity index (χ0n) is 11.0. The number of H-pyrrole nitrogens is 1. The number of hydrogen-bond donors (Lipinski definition) is 1. The van der Waals surface area contributed by atoms with Gasteiger partial charge in [0.05, 0.1) is 0 Å². The van der Waals surface area contributed by atoms with Crippen LogP contribution in [0.5, 0.6) is 0 Å². The van der Waals surface area contributed by atoms with Crippen molar-refractivity contribution in [3.8, 4) is 0 Å². The summed E-state index contributed by atoms with van der Waals surface area (Å²) in [6, 6.07) is 0. The summed E-state index contributed by atoms with van der Waals surface area (Å²) in [7, 11) is 0. The number of nitrogens with one attached hydrogen (secondary N) is 1. The number of aryl methyl sites for hydroxylation is 1. The van der Waals surface area contributed by atoms with E-state index in [1.54, 1.807) is 6.33 Å². The van der Waals surface area contributed by atoms with Crippen LogP contribution >= 0.6 is 0 Å². The van der Waals surface area contributed by atoms with Crippen LogP contribution in [0.15, 0.2) is 6.33 Å². The van der Waals surface area contributed by atoms with Crippen LogP contribution in [0.4, 0.5) is 5.82 Å². The van der Waals surface area contributed by atoms with E-state index < -0.39 is 0 Å². The summed E-state index contributed by atoms with van der Waals surface area (Å²) in [6.45, 7) is 6.31. The van der Waals surface area contributed by atoms with Crippen molar-refractivity contribution in [1.82, 2.24) is 19.9 Å². The number of fused-ring (bicyclic) bond motifs is 1. The van der Waals surface area contributed by atoms with E-state index in [1.165, 1.54) is 12.8 Å². The van der Waals surface area contributed by atoms with Crippen LogP contribution in [-0.2, 0) is 0 Å². The zero-order valence-corrected chi connectivity index (χ0v) is 11.0. The van der Waals surface area contributed by atoms with Gasteiger partial charge in [-0.3, -0.25) is 0 Å². The molecule has 0 unspecified atom stereocenters. The molecular formula is C13H19N5. The predicted octanol–water partition coefficient (Wildman–Crippen LogP) is 2.29. The molecule has 5 heteroatoms. The number of aromatic amines is 1. The van der Waals surface area contributed by atoms with Crippen LogP contribution in [0.3, 0.4) is 0 Å². The molecule has 0 amide bonds. The molecule has 1 aliphatic rings. The van der Waals surface area contributed by atoms with Crippen molar-refractivity contribution in [3.63, 3.8) is 0 Å². The van der Waals surface area contributed by atoms with Gasteiger partial charge in [0.2, 0.25) is 0 Å². The van der Waals surface area contributed by atoms with Gasteiger partial charge in [-0.2, -0.15) is 0 Å². The standard InChI is InChI=1S/C13H19N5/c1-3-6-18(7-10-4-5-10)13-11-12(14-8-15-13)17-9(2)16-11/h8,10H,3-7H2,1-2H3,(H,14,15,16,17). The number of anilines is 1. The molecule has 0 bridgehead atoms. The summed E-state index contributed by atoms with van der Waals surface area (Å²) >= 11 is 0. The van der Waals surface area contributed by atoms with Crippen molar-refractivity contribution in [2.75, 3.05) is 18.0 Å². The van der Waals surface area contributed by atoms with Crippen LogP contribution in [0.2, 0.25) is 0 Å². The van der Waals surface area contributed by atoms with Gasteiger partial charge in [0.1, 0.15) is 17.7 Å². The average molecular weight is 245 g/mol. The lowest BCUT2D eigenvalue weighted by Crippen LogP contribution is -2.27. The first-order valence-corrected chi connectivity index (χ1v) is 6.70. The van der Waals surface area contributed by atoms with Crippen molar-refractivity contribution in [2.45, 2.75) is 33.1 Å². The molecule has 0 radical (unpaired) electrons. The van der Waals surface area contributed by atoms with Gasteiger partial charge in [-0.25, -0.2) is 15.0 Å². The normalized spacial score (nSPS) is 15.2. The Hall–Kier alpha value is -1.65. The molecule has 96 valence electrons. The fourth-order valence-corrected chi connectivity index (χ4v) is 2.34. The Bertz CT molecular complexity index is 543. The third-order valence-electron chi connectivity index (χ3n) is 3.36. The van der Waals surface area contributed by atoms with E-state index in [0.29, 0.717) is 0 Å². The Kier molecular flexibility index (Phi) is 2.89. The van der Waals surface area contributed by atoms with Crippen molar-refractivity contribution >= 4 is 17.0 Å². The van der Waals surface area contributed by atoms with E-state index in [9.17, 15) is 0 Å². The molecular weight excluding hydrogens is 226 g/mol. The molecule has 1 N–H and O–H groups in total. The van der Waals surface area contributed by atoms with Gasteiger partial charge in [-0.1, -0.05) is 6.92 Å². The van der Waals surface area contributed by atoms with E-state index in [0.717, 1.165) is 48.2 Å². The molecule has 0 saturated heterocycles. The van der Waals surface area contributed by atoms with Gasteiger partial charge in [-0.05, 0) is 32.1 Å². The highest BCUT2D eigenvalue weighted by atomic mass is 15.2. The summed E-state index contributed by atoms with van der Waals surface area (Å²) in [5, 5.41) is 0. The Balaban J connectivity index is 1.98. The number of nitrogens with zero attached hydrogens (tertiary/aromatic N) is 4. The second kappa shape index (κ2) is 4.55. The summed E-state index contributed by atoms with van der Waals surface area (Å²) in [4.78, 5) is 18.7. The topological polar surface area (TPSA) is 57.7 Å². The van der Waals surface area contributed by atoms with Crippen LogP contribution in [0.25, 0.3) is 11.2 Å². The summed E-state index contributed by atoms with van der Waals surface area (Å²) in [5.74, 6) is 2.76. The first-order valence-electron chi connectivity index (χ1n) is 6.70. The maximum Gasteiger partial charge on any atom is 0.183 e. The summed E-state index contributed by atoms with van der Waals surface area (Å²) < 4.78 is 0. The van der Waals surface area contributed by atoms with E-state index in [4.69, 9.17) is 0 Å². The maximum atomic E-state index is 4.46. The van der Waals surface area contributed by atoms with Gasteiger partial charge < -0.3 is 9.88 Å². The van der Waals surface area contributed by atoms with Crippen LogP contribution < -0.4 is 4.90 Å². The fraction of sp³-hybridized carbons (Fsp3) is 0.615. The summed E-state index contributed by atoms with van der Waals surface area (Å²) in [5.41, 5.74) is 1.75. The highest BCUT2D eigenvalue weighted by Gasteiger charge is 2.25. The Labute approximate surface area is 107 Å². The average Bonchev–Trinajstić information content (AvgIpc) is 3.07. The highest BCUT2D eigenvalue weighted by Crippen LogP contribution is 2.32. The van der Waals surface area contributed by atoms with E-state index in [-0.39, 0.29) is 0 Å². The molecule has 2 aromatic rings. The third kappa shape index (κ3) is 2.17. The smallest absolute Gasteiger partial charge is 0.183 e. The SMILES string of the molecule is CCCN(CC1CC1)c1ncnc2nc(C)[nH]c12. The third-order valence-corrected chi connectivity index (χ3v) is 3.36. The van der Waals surface area contributed by atoms with Crippen molar-refractivity contribution < 1.29 is 0 Å². The first-order chi connectivity index (χ1) is 8.78. The largest absolute Gasteiger partial charge is 0.354 e. The van der Waals surface area contributed by atoms with Crippen LogP contribution in [0.1, 0.15) is 32.0 Å². The molecule has 3 rings (SSSR count). The minimum Gasteiger partial charge on any atom is -0.354 e. The first kappa shape index (κ1) is 11.4. The highest BCUT2D eigenvalue weighted by molar-refractivity contribution is 5.83. The number of hydrogen-bond acceptors (Lipinski definition) is 4. The zero-order chi connectivity index (χ0) is 12.5. The quantitative estimate of drug-likeness (QED) is 0.878. The molecule has 0 atom stereocenters. The monoisotopic (exact) mass is 245 g/mol. The minimum absolute atomic E-state index is 0.773. The lowest BCUT2D eigenvalue weighted by Gasteiger charge is -2.23. The molecule has 0 aromatic carbocycles. The molecule has 2 heterocycles. The molecule has 0 aliphatic heterocycles. The number of imidazole rings is 1. The van der Waals surface area contributed by atoms with Gasteiger partial charge >= 0.3 is 0 Å². The van der Waals surface area contributed by atoms with E-state index >= 15 is 0 Å². The molecule has 2 aromatic heterocycles. The van der Waals surface area contributed by atoms with Gasteiger partial charge in [-0.15, -0.1) is 0 Å². The van der Waals surface area contributed by atoms with E-state index in [2.05, 4.69) is 31.8 Å². The van der Waals surface area contributed by atoms with Gasteiger partial charge in [0.15, 0.2) is 11.5 Å². The van der Waals surface area contributed by atoms with E-state index in [1.807, 2.05) is 6.92 Å². The molecule has 1 fully saturated rings. The van der Waals surface area contributed by atoms with Crippen molar-refractivity contribution in [1.29, 1.82) is 0 Å². The number of rotatable bonds is 5. The number of aromatic nitrogens is 4. The Morgan fingerprint density at radius 3 is 2.94 bits per heavy atom. The second-order valence-corrected chi connectivity index (χ2v) is 5.11.